The minimum Gasteiger partial charge on any atom is -0.508 e. The highest BCUT2D eigenvalue weighted by Crippen LogP contribution is 2.31. The summed E-state index contributed by atoms with van der Waals surface area (Å²) in [4.78, 5) is 28.9. The van der Waals surface area contributed by atoms with E-state index in [1.807, 2.05) is 17.0 Å². The van der Waals surface area contributed by atoms with Gasteiger partial charge in [0.2, 0.25) is 0 Å². The first-order valence-corrected chi connectivity index (χ1v) is 9.27. The number of fused-ring (bicyclic) bond motifs is 1. The molecule has 4 rings (SSSR count). The molecule has 0 spiro atoms. The quantitative estimate of drug-likeness (QED) is 0.656. The molecule has 7 heteroatoms. The maximum Gasteiger partial charge on any atom is 0.345 e. The van der Waals surface area contributed by atoms with E-state index in [-0.39, 0.29) is 16.5 Å². The summed E-state index contributed by atoms with van der Waals surface area (Å²) in [7, 11) is 0. The van der Waals surface area contributed by atoms with Gasteiger partial charge >= 0.3 is 5.97 Å². The fourth-order valence-electron chi connectivity index (χ4n) is 3.48. The van der Waals surface area contributed by atoms with Gasteiger partial charge in [0.25, 0.3) is 5.91 Å². The van der Waals surface area contributed by atoms with Crippen LogP contribution in [0.4, 0.5) is 0 Å². The van der Waals surface area contributed by atoms with Gasteiger partial charge in [-0.15, -0.1) is 11.3 Å². The molecule has 6 nitrogen and oxygen atoms in total. The molecule has 1 fully saturated rings. The molecule has 3 N–H and O–H groups in total. The molecule has 0 saturated carbocycles. The minimum absolute atomic E-state index is 0.0468. The van der Waals surface area contributed by atoms with Crippen molar-refractivity contribution in [1.29, 1.82) is 0 Å². The van der Waals surface area contributed by atoms with Gasteiger partial charge in [0.15, 0.2) is 0 Å². The number of phenolic OH excluding ortho intramolecular Hbond substituents is 1. The highest BCUT2D eigenvalue weighted by Gasteiger charge is 2.26. The van der Waals surface area contributed by atoms with E-state index < -0.39 is 5.97 Å². The Morgan fingerprint density at radius 2 is 1.81 bits per heavy atom. The third-order valence-corrected chi connectivity index (χ3v) is 5.96. The van der Waals surface area contributed by atoms with Crippen molar-refractivity contribution >= 4 is 33.4 Å². The number of aromatic carboxylic acids is 1. The van der Waals surface area contributed by atoms with E-state index in [9.17, 15) is 14.7 Å². The molecule has 2 aromatic heterocycles. The molecule has 1 aliphatic heterocycles. The zero-order valence-electron chi connectivity index (χ0n) is 13.9. The molecule has 0 atom stereocenters. The lowest BCUT2D eigenvalue weighted by Crippen LogP contribution is -2.38. The van der Waals surface area contributed by atoms with Gasteiger partial charge in [0, 0.05) is 13.1 Å². The normalized spacial score (nSPS) is 15.5. The average molecular weight is 370 g/mol. The molecule has 26 heavy (non-hydrogen) atoms. The highest BCUT2D eigenvalue weighted by molar-refractivity contribution is 7.20. The van der Waals surface area contributed by atoms with E-state index in [0.29, 0.717) is 30.2 Å². The molecule has 0 aliphatic carbocycles. The molecular formula is C19H18N2O4S. The number of H-pyrrole nitrogens is 1. The number of hydrogen-bond donors (Lipinski definition) is 3. The van der Waals surface area contributed by atoms with E-state index in [1.54, 1.807) is 24.3 Å². The number of thiophene rings is 1. The van der Waals surface area contributed by atoms with Gasteiger partial charge < -0.3 is 20.1 Å². The summed E-state index contributed by atoms with van der Waals surface area (Å²) in [5.41, 5.74) is 2.39. The van der Waals surface area contributed by atoms with Crippen molar-refractivity contribution < 1.29 is 19.8 Å². The van der Waals surface area contributed by atoms with Gasteiger partial charge in [-0.2, -0.15) is 0 Å². The van der Waals surface area contributed by atoms with Crippen molar-refractivity contribution in [3.05, 3.63) is 52.5 Å². The van der Waals surface area contributed by atoms with Crippen LogP contribution in [-0.4, -0.2) is 45.1 Å². The number of nitrogens with one attached hydrogen (secondary N) is 1. The largest absolute Gasteiger partial charge is 0.508 e. The SMILES string of the molecule is O=C(O)c1cc2[nH]c(C(=O)N3CCC(c4ccc(O)cc4)CC3)cc2s1. The summed E-state index contributed by atoms with van der Waals surface area (Å²) < 4.78 is 0.782. The first kappa shape index (κ1) is 16.7. The second-order valence-electron chi connectivity index (χ2n) is 6.53. The molecule has 134 valence electrons. The van der Waals surface area contributed by atoms with E-state index in [2.05, 4.69) is 4.98 Å². The second-order valence-corrected chi connectivity index (χ2v) is 7.62. The first-order valence-electron chi connectivity index (χ1n) is 8.45. The molecule has 0 bridgehead atoms. The van der Waals surface area contributed by atoms with Gasteiger partial charge in [-0.25, -0.2) is 4.79 Å². The van der Waals surface area contributed by atoms with Crippen LogP contribution in [0.25, 0.3) is 10.2 Å². The Labute approximate surface area is 153 Å². The van der Waals surface area contributed by atoms with Gasteiger partial charge in [-0.3, -0.25) is 4.79 Å². The number of aromatic amines is 1. The summed E-state index contributed by atoms with van der Waals surface area (Å²) in [6.07, 6.45) is 1.77. The number of aromatic hydroxyl groups is 1. The lowest BCUT2D eigenvalue weighted by molar-refractivity contribution is 0.0696. The van der Waals surface area contributed by atoms with Crippen molar-refractivity contribution in [2.45, 2.75) is 18.8 Å². The number of carbonyl (C=O) groups excluding carboxylic acids is 1. The van der Waals surface area contributed by atoms with E-state index >= 15 is 0 Å². The Kier molecular flexibility index (Phi) is 4.16. The Morgan fingerprint density at radius 3 is 2.42 bits per heavy atom. The Hall–Kier alpha value is -2.80. The number of amides is 1. The number of nitrogens with zero attached hydrogens (tertiary/aromatic N) is 1. The minimum atomic E-state index is -0.955. The van der Waals surface area contributed by atoms with Crippen molar-refractivity contribution in [3.63, 3.8) is 0 Å². The monoisotopic (exact) mass is 370 g/mol. The maximum absolute atomic E-state index is 12.7. The van der Waals surface area contributed by atoms with Gasteiger partial charge in [-0.1, -0.05) is 12.1 Å². The maximum atomic E-state index is 12.7. The summed E-state index contributed by atoms with van der Waals surface area (Å²) >= 11 is 1.17. The predicted octanol–water partition coefficient (Wildman–Crippen LogP) is 3.65. The second kappa shape index (κ2) is 6.49. The molecule has 1 aromatic carbocycles. The van der Waals surface area contributed by atoms with E-state index in [0.717, 1.165) is 17.5 Å². The molecule has 3 heterocycles. The fraction of sp³-hybridized carbons (Fsp3) is 0.263. The molecule has 1 aliphatic rings. The smallest absolute Gasteiger partial charge is 0.345 e. The van der Waals surface area contributed by atoms with E-state index in [4.69, 9.17) is 5.11 Å². The lowest BCUT2D eigenvalue weighted by Gasteiger charge is -2.32. The number of hydrogen-bond acceptors (Lipinski definition) is 4. The van der Waals surface area contributed by atoms with Crippen LogP contribution >= 0.6 is 11.3 Å². The van der Waals surface area contributed by atoms with Crippen molar-refractivity contribution in [3.8, 4) is 5.75 Å². The molecule has 1 amide bonds. The van der Waals surface area contributed by atoms with Crippen LogP contribution in [0.1, 0.15) is 44.5 Å². The van der Waals surface area contributed by atoms with Crippen molar-refractivity contribution in [2.24, 2.45) is 0 Å². The molecule has 1 saturated heterocycles. The number of carboxylic acids is 1. The Balaban J connectivity index is 1.44. The lowest BCUT2D eigenvalue weighted by atomic mass is 9.89. The number of aromatic nitrogens is 1. The number of piperidine rings is 1. The Bertz CT molecular complexity index is 934. The number of carboxylic acid groups (broad SMARTS) is 1. The molecular weight excluding hydrogens is 352 g/mol. The Morgan fingerprint density at radius 1 is 1.12 bits per heavy atom. The van der Waals surface area contributed by atoms with E-state index in [1.165, 1.54) is 16.9 Å². The van der Waals surface area contributed by atoms with Gasteiger partial charge in [0.1, 0.15) is 16.3 Å². The summed E-state index contributed by atoms with van der Waals surface area (Å²) in [5.74, 6) is -0.345. The number of rotatable bonds is 3. The molecule has 0 unspecified atom stereocenters. The van der Waals surface area contributed by atoms with Gasteiger partial charge in [-0.05, 0) is 48.6 Å². The van der Waals surface area contributed by atoms with Crippen LogP contribution in [0.3, 0.4) is 0 Å². The molecule has 0 radical (unpaired) electrons. The van der Waals surface area contributed by atoms with Crippen LogP contribution in [0.5, 0.6) is 5.75 Å². The first-order chi connectivity index (χ1) is 12.5. The van der Waals surface area contributed by atoms with Crippen LogP contribution in [0, 0.1) is 0 Å². The average Bonchev–Trinajstić information content (AvgIpc) is 3.21. The zero-order valence-corrected chi connectivity index (χ0v) is 14.8. The predicted molar refractivity (Wildman–Crippen MR) is 99.1 cm³/mol. The number of carbonyl (C=O) groups is 2. The topological polar surface area (TPSA) is 93.6 Å². The molecule has 3 aromatic rings. The van der Waals surface area contributed by atoms with Crippen LogP contribution in [0.15, 0.2) is 36.4 Å². The van der Waals surface area contributed by atoms with Gasteiger partial charge in [0.05, 0.1) is 10.2 Å². The van der Waals surface area contributed by atoms with Crippen molar-refractivity contribution in [1.82, 2.24) is 9.88 Å². The third kappa shape index (κ3) is 3.06. The van der Waals surface area contributed by atoms with Crippen LogP contribution in [-0.2, 0) is 0 Å². The number of phenols is 1. The fourth-order valence-corrected chi connectivity index (χ4v) is 4.37. The summed E-state index contributed by atoms with van der Waals surface area (Å²) in [6, 6.07) is 10.6. The third-order valence-electron chi connectivity index (χ3n) is 4.89. The van der Waals surface area contributed by atoms with Crippen LogP contribution in [0.2, 0.25) is 0 Å². The summed E-state index contributed by atoms with van der Waals surface area (Å²) in [5, 5.41) is 18.4. The summed E-state index contributed by atoms with van der Waals surface area (Å²) in [6.45, 7) is 1.36. The van der Waals surface area contributed by atoms with Crippen LogP contribution < -0.4 is 0 Å². The zero-order chi connectivity index (χ0) is 18.3. The standard InChI is InChI=1S/C19H18N2O4S/c22-13-3-1-11(2-4-13)12-5-7-21(8-6-12)18(23)15-10-16-14(20-15)9-17(26-16)19(24)25/h1-4,9-10,12,20,22H,5-8H2,(H,24,25). The number of benzene rings is 1. The number of likely N-dealkylation sites (tertiary alicyclic amines) is 1. The van der Waals surface area contributed by atoms with Crippen molar-refractivity contribution in [2.75, 3.05) is 13.1 Å². The highest BCUT2D eigenvalue weighted by atomic mass is 32.1.